The van der Waals surface area contributed by atoms with Crippen molar-refractivity contribution in [3.8, 4) is 23.0 Å². The Labute approximate surface area is 174 Å². The number of hydrazone groups is 1. The molecule has 2 aliphatic heterocycles. The Morgan fingerprint density at radius 3 is 2.47 bits per heavy atom. The maximum atomic E-state index is 10.5. The number of nitrogens with zero attached hydrogens (tertiary/aromatic N) is 2. The number of phenolic OH excluding ortho intramolecular Hbond substituents is 1. The van der Waals surface area contributed by atoms with E-state index in [1.54, 1.807) is 26.4 Å². The molecule has 3 aromatic carbocycles. The van der Waals surface area contributed by atoms with Crippen LogP contribution in [-0.2, 0) is 0 Å². The maximum Gasteiger partial charge on any atom is 0.213 e. The Morgan fingerprint density at radius 2 is 1.70 bits per heavy atom. The molecule has 0 fully saturated rings. The van der Waals surface area contributed by atoms with Crippen LogP contribution in [0.1, 0.15) is 35.4 Å². The minimum Gasteiger partial charge on any atom is -0.507 e. The molecule has 3 aromatic rings. The first-order chi connectivity index (χ1) is 14.7. The average molecular weight is 402 g/mol. The summed E-state index contributed by atoms with van der Waals surface area (Å²) in [4.78, 5) is 0. The van der Waals surface area contributed by atoms with Crippen molar-refractivity contribution in [2.24, 2.45) is 5.10 Å². The summed E-state index contributed by atoms with van der Waals surface area (Å²) in [6, 6.07) is 21.1. The first-order valence-corrected chi connectivity index (χ1v) is 9.80. The summed E-state index contributed by atoms with van der Waals surface area (Å²) in [5.74, 6) is 2.51. The van der Waals surface area contributed by atoms with Gasteiger partial charge in [0.25, 0.3) is 0 Å². The second-order valence-corrected chi connectivity index (χ2v) is 7.31. The molecule has 1 N–H and O–H groups in total. The van der Waals surface area contributed by atoms with E-state index in [4.69, 9.17) is 19.3 Å². The number of benzene rings is 3. The van der Waals surface area contributed by atoms with E-state index < -0.39 is 0 Å². The summed E-state index contributed by atoms with van der Waals surface area (Å²) in [7, 11) is 3.26. The zero-order valence-corrected chi connectivity index (χ0v) is 16.8. The van der Waals surface area contributed by atoms with Crippen LogP contribution < -0.4 is 14.2 Å². The van der Waals surface area contributed by atoms with Crippen LogP contribution in [0.4, 0.5) is 0 Å². The Morgan fingerprint density at radius 1 is 0.967 bits per heavy atom. The third kappa shape index (κ3) is 3.01. The Kier molecular flexibility index (Phi) is 4.47. The van der Waals surface area contributed by atoms with E-state index in [9.17, 15) is 5.11 Å². The number of hydrogen-bond acceptors (Lipinski definition) is 6. The molecule has 2 aliphatic rings. The molecule has 152 valence electrons. The van der Waals surface area contributed by atoms with Crippen LogP contribution in [-0.4, -0.2) is 30.0 Å². The van der Waals surface area contributed by atoms with Gasteiger partial charge in [-0.15, -0.1) is 0 Å². The highest BCUT2D eigenvalue weighted by atomic mass is 16.5. The maximum absolute atomic E-state index is 10.5. The first-order valence-electron chi connectivity index (χ1n) is 9.80. The normalized spacial score (nSPS) is 19.4. The minimum absolute atomic E-state index is 0.0163. The highest BCUT2D eigenvalue weighted by Gasteiger charge is 2.41. The number of ether oxygens (including phenoxy) is 3. The lowest BCUT2D eigenvalue weighted by Crippen LogP contribution is -2.33. The fourth-order valence-corrected chi connectivity index (χ4v) is 4.06. The zero-order chi connectivity index (χ0) is 20.7. The second-order valence-electron chi connectivity index (χ2n) is 7.31. The molecular weight excluding hydrogens is 380 g/mol. The van der Waals surface area contributed by atoms with Crippen LogP contribution in [0, 0.1) is 0 Å². The molecule has 0 aromatic heterocycles. The number of aromatic hydroxyl groups is 1. The lowest BCUT2D eigenvalue weighted by atomic mass is 9.95. The molecule has 0 spiro atoms. The Hall–Kier alpha value is -3.67. The summed E-state index contributed by atoms with van der Waals surface area (Å²) in [6.07, 6.45) is 0.286. The molecule has 6 nitrogen and oxygen atoms in total. The average Bonchev–Trinajstić information content (AvgIpc) is 3.24. The van der Waals surface area contributed by atoms with Crippen molar-refractivity contribution in [2.75, 3.05) is 14.2 Å². The van der Waals surface area contributed by atoms with E-state index in [-0.39, 0.29) is 18.0 Å². The summed E-state index contributed by atoms with van der Waals surface area (Å²) in [5, 5.41) is 17.3. The van der Waals surface area contributed by atoms with Crippen LogP contribution in [0.25, 0.3) is 0 Å². The van der Waals surface area contributed by atoms with E-state index in [1.807, 2.05) is 53.5 Å². The number of rotatable bonds is 4. The highest BCUT2D eigenvalue weighted by molar-refractivity contribution is 6.04. The van der Waals surface area contributed by atoms with Crippen molar-refractivity contribution in [2.45, 2.75) is 18.7 Å². The molecule has 5 rings (SSSR count). The first kappa shape index (κ1) is 18.4. The molecular formula is C24H22N2O4. The zero-order valence-electron chi connectivity index (χ0n) is 16.8. The molecule has 0 saturated carbocycles. The molecule has 0 radical (unpaired) electrons. The van der Waals surface area contributed by atoms with Crippen molar-refractivity contribution < 1.29 is 19.3 Å². The molecule has 0 bridgehead atoms. The quantitative estimate of drug-likeness (QED) is 0.688. The topological polar surface area (TPSA) is 63.5 Å². The predicted octanol–water partition coefficient (Wildman–Crippen LogP) is 4.65. The van der Waals surface area contributed by atoms with E-state index in [2.05, 4.69) is 6.07 Å². The van der Waals surface area contributed by atoms with E-state index in [0.29, 0.717) is 17.7 Å². The summed E-state index contributed by atoms with van der Waals surface area (Å²) in [6.45, 7) is 0. The number of para-hydroxylation sites is 1. The molecule has 0 unspecified atom stereocenters. The van der Waals surface area contributed by atoms with Gasteiger partial charge in [0.1, 0.15) is 23.0 Å². The molecule has 0 aliphatic carbocycles. The van der Waals surface area contributed by atoms with Gasteiger partial charge in [-0.05, 0) is 48.5 Å². The number of phenols is 1. The van der Waals surface area contributed by atoms with Gasteiger partial charge in [0, 0.05) is 23.1 Å². The molecule has 2 heterocycles. The Balaban J connectivity index is 1.58. The third-order valence-electron chi connectivity index (χ3n) is 5.61. The fourth-order valence-electron chi connectivity index (χ4n) is 4.06. The van der Waals surface area contributed by atoms with E-state index in [0.717, 1.165) is 28.3 Å². The Bertz CT molecular complexity index is 1110. The summed E-state index contributed by atoms with van der Waals surface area (Å²) in [5.41, 5.74) is 3.54. The highest BCUT2D eigenvalue weighted by Crippen LogP contribution is 2.48. The smallest absolute Gasteiger partial charge is 0.213 e. The van der Waals surface area contributed by atoms with Crippen LogP contribution in [0.15, 0.2) is 71.8 Å². The van der Waals surface area contributed by atoms with Gasteiger partial charge in [0.15, 0.2) is 0 Å². The molecule has 6 heteroatoms. The van der Waals surface area contributed by atoms with Gasteiger partial charge in [-0.2, -0.15) is 5.10 Å². The van der Waals surface area contributed by atoms with Gasteiger partial charge in [0.05, 0.1) is 26.0 Å². The van der Waals surface area contributed by atoms with Crippen LogP contribution in [0.3, 0.4) is 0 Å². The SMILES string of the molecule is COc1ccc([C@@H]2Oc3ccccc3[C@H]3CC(c4cc(OC)ccc4O)=NN32)cc1. The van der Waals surface area contributed by atoms with Crippen molar-refractivity contribution in [3.63, 3.8) is 0 Å². The molecule has 30 heavy (non-hydrogen) atoms. The lowest BCUT2D eigenvalue weighted by Gasteiger charge is -2.38. The summed E-state index contributed by atoms with van der Waals surface area (Å²) >= 11 is 0. The van der Waals surface area contributed by atoms with Gasteiger partial charge in [-0.1, -0.05) is 18.2 Å². The van der Waals surface area contributed by atoms with Crippen molar-refractivity contribution in [1.29, 1.82) is 0 Å². The predicted molar refractivity (Wildman–Crippen MR) is 113 cm³/mol. The van der Waals surface area contributed by atoms with E-state index in [1.165, 1.54) is 0 Å². The molecule has 0 saturated heterocycles. The monoisotopic (exact) mass is 402 g/mol. The summed E-state index contributed by atoms with van der Waals surface area (Å²) < 4.78 is 17.0. The minimum atomic E-state index is -0.374. The third-order valence-corrected chi connectivity index (χ3v) is 5.61. The second kappa shape index (κ2) is 7.30. The van der Waals surface area contributed by atoms with Crippen molar-refractivity contribution >= 4 is 5.71 Å². The number of hydrogen-bond donors (Lipinski definition) is 1. The lowest BCUT2D eigenvalue weighted by molar-refractivity contribution is -0.0190. The van der Waals surface area contributed by atoms with Crippen LogP contribution in [0.2, 0.25) is 0 Å². The van der Waals surface area contributed by atoms with Crippen LogP contribution in [0.5, 0.6) is 23.0 Å². The standard InChI is InChI=1S/C24H22N2O4/c1-28-16-9-7-15(8-10-16)24-26-21(18-5-3-4-6-23(18)30-24)14-20(25-26)19-13-17(29-2)11-12-22(19)27/h3-13,21,24,27H,14H2,1-2H3/t21-,24+/m1/s1. The van der Waals surface area contributed by atoms with Gasteiger partial charge < -0.3 is 19.3 Å². The fraction of sp³-hybridized carbons (Fsp3) is 0.208. The number of methoxy groups -OCH3 is 2. The van der Waals surface area contributed by atoms with E-state index >= 15 is 0 Å². The van der Waals surface area contributed by atoms with Crippen molar-refractivity contribution in [1.82, 2.24) is 5.01 Å². The van der Waals surface area contributed by atoms with Gasteiger partial charge in [-0.25, -0.2) is 5.01 Å². The van der Waals surface area contributed by atoms with Gasteiger partial charge in [0.2, 0.25) is 6.23 Å². The van der Waals surface area contributed by atoms with Gasteiger partial charge in [-0.3, -0.25) is 0 Å². The van der Waals surface area contributed by atoms with Gasteiger partial charge >= 0.3 is 0 Å². The largest absolute Gasteiger partial charge is 0.507 e. The molecule has 2 atom stereocenters. The number of fused-ring (bicyclic) bond motifs is 3. The van der Waals surface area contributed by atoms with Crippen molar-refractivity contribution in [3.05, 3.63) is 83.4 Å². The van der Waals surface area contributed by atoms with Crippen LogP contribution >= 0.6 is 0 Å². The molecule has 0 amide bonds.